The number of rotatable bonds is 3. The van der Waals surface area contributed by atoms with E-state index >= 15 is 0 Å². The van der Waals surface area contributed by atoms with Crippen molar-refractivity contribution in [1.82, 2.24) is 0 Å². The Bertz CT molecular complexity index is 3030. The molecule has 1 nitrogen and oxygen atoms in total. The Balaban J connectivity index is 1.41. The number of benzene rings is 7. The van der Waals surface area contributed by atoms with E-state index < -0.39 is 0 Å². The van der Waals surface area contributed by atoms with E-state index in [9.17, 15) is 0 Å². The number of hydrogen-bond acceptors (Lipinski definition) is 1. The third-order valence-electron chi connectivity index (χ3n) is 15.3. The summed E-state index contributed by atoms with van der Waals surface area (Å²) in [6.45, 7) is 4.69. The van der Waals surface area contributed by atoms with Crippen LogP contribution in [0.3, 0.4) is 0 Å². The second-order valence-corrected chi connectivity index (χ2v) is 18.0. The molecule has 8 aromatic rings. The molecule has 1 aliphatic rings. The highest BCUT2D eigenvalue weighted by atomic mass is 16.3. The maximum atomic E-state index is 6.82. The summed E-state index contributed by atoms with van der Waals surface area (Å²) in [7, 11) is 30.4. The highest BCUT2D eigenvalue weighted by molar-refractivity contribution is 6.73. The molecule has 57 heavy (non-hydrogen) atoms. The second kappa shape index (κ2) is 13.0. The Labute approximate surface area is 350 Å². The molecule has 0 atom stereocenters. The van der Waals surface area contributed by atoms with Crippen molar-refractivity contribution in [3.63, 3.8) is 0 Å². The van der Waals surface area contributed by atoms with Crippen molar-refractivity contribution in [1.29, 1.82) is 0 Å². The summed E-state index contributed by atoms with van der Waals surface area (Å²) in [5.41, 5.74) is 30.7. The number of furan rings is 1. The average Bonchev–Trinajstić information content (AvgIpc) is 3.74. The molecule has 0 aliphatic heterocycles. The van der Waals surface area contributed by atoms with Crippen LogP contribution >= 0.6 is 0 Å². The van der Waals surface area contributed by atoms with Gasteiger partial charge in [0.05, 0.1) is 0 Å². The van der Waals surface area contributed by atoms with Crippen LogP contribution < -0.4 is 71.0 Å². The first-order chi connectivity index (χ1) is 27.0. The molecule has 0 amide bonds. The summed E-state index contributed by atoms with van der Waals surface area (Å²) in [5.74, 6) is 0.921. The van der Waals surface area contributed by atoms with Crippen LogP contribution in [0.2, 0.25) is 0 Å². The van der Waals surface area contributed by atoms with E-state index in [4.69, 9.17) is 4.42 Å². The van der Waals surface area contributed by atoms with Crippen molar-refractivity contribution in [2.45, 2.75) is 19.3 Å². The average molecular weight is 716 g/mol. The zero-order valence-electron chi connectivity index (χ0n) is 36.8. The standard InChI is InChI=1S/C43H43B13O/c1-43(2)18-8-4-3-6-16(18)23-17(7-5-9-19(23)43)21-13-15-12-14(10-11-20(15)57-21)22-25-27(32(46)38(52)36(50)30(25)44)24(28-26(22)31(45)37(51)39(53)33(28)47)29-34(48)40(54)42(56)41(55)35(29)49/h3-13H,44-56H2,1-2H3. The van der Waals surface area contributed by atoms with Crippen LogP contribution in [0.25, 0.3) is 77.2 Å². The van der Waals surface area contributed by atoms with Crippen LogP contribution in [0.15, 0.2) is 71.1 Å². The van der Waals surface area contributed by atoms with Crippen LogP contribution in [0.1, 0.15) is 25.0 Å². The normalized spacial score (nSPS) is 13.1. The van der Waals surface area contributed by atoms with Crippen molar-refractivity contribution >= 4 is 206 Å². The smallest absolute Gasteiger partial charge is 0.139 e. The maximum Gasteiger partial charge on any atom is 0.139 e. The Morgan fingerprint density at radius 1 is 0.386 bits per heavy atom. The van der Waals surface area contributed by atoms with Gasteiger partial charge in [0.25, 0.3) is 0 Å². The molecule has 1 aliphatic carbocycles. The van der Waals surface area contributed by atoms with Crippen LogP contribution in [-0.4, -0.2) is 102 Å². The highest BCUT2D eigenvalue weighted by Crippen LogP contribution is 2.52. The molecule has 7 aromatic carbocycles. The zero-order chi connectivity index (χ0) is 40.7. The lowest BCUT2D eigenvalue weighted by atomic mass is 9.56. The molecule has 0 N–H and O–H groups in total. The zero-order valence-corrected chi connectivity index (χ0v) is 36.8. The quantitative estimate of drug-likeness (QED) is 0.131. The maximum absolute atomic E-state index is 6.82. The fourth-order valence-electron chi connectivity index (χ4n) is 10.8. The molecular formula is C43H43B13O. The first-order valence-electron chi connectivity index (χ1n) is 20.8. The summed E-state index contributed by atoms with van der Waals surface area (Å²) >= 11 is 0. The third-order valence-corrected chi connectivity index (χ3v) is 15.3. The van der Waals surface area contributed by atoms with Crippen molar-refractivity contribution in [2.75, 3.05) is 0 Å². The molecule has 0 spiro atoms. The predicted octanol–water partition coefficient (Wildman–Crippen LogP) is -10.6. The van der Waals surface area contributed by atoms with E-state index in [-0.39, 0.29) is 5.41 Å². The summed E-state index contributed by atoms with van der Waals surface area (Å²) < 4.78 is 6.82. The van der Waals surface area contributed by atoms with Gasteiger partial charge in [0, 0.05) is 16.4 Å². The monoisotopic (exact) mass is 718 g/mol. The van der Waals surface area contributed by atoms with E-state index in [1.165, 1.54) is 137 Å². The van der Waals surface area contributed by atoms with Gasteiger partial charge in [-0.05, 0) is 84.3 Å². The largest absolute Gasteiger partial charge is 0.456 e. The summed E-state index contributed by atoms with van der Waals surface area (Å²) in [6.07, 6.45) is 0. The van der Waals surface area contributed by atoms with Gasteiger partial charge in [-0.25, -0.2) is 0 Å². The van der Waals surface area contributed by atoms with Crippen molar-refractivity contribution in [2.24, 2.45) is 0 Å². The Morgan fingerprint density at radius 2 is 0.842 bits per heavy atom. The second-order valence-electron chi connectivity index (χ2n) is 18.0. The third kappa shape index (κ3) is 5.07. The van der Waals surface area contributed by atoms with E-state index in [0.717, 1.165) is 22.3 Å². The topological polar surface area (TPSA) is 13.1 Å². The molecule has 0 fully saturated rings. The summed E-state index contributed by atoms with van der Waals surface area (Å²) in [4.78, 5) is 0. The van der Waals surface area contributed by atoms with Gasteiger partial charge in [-0.1, -0.05) is 95.2 Å². The lowest BCUT2D eigenvalue weighted by molar-refractivity contribution is 0.631. The van der Waals surface area contributed by atoms with Gasteiger partial charge in [0.2, 0.25) is 0 Å². The van der Waals surface area contributed by atoms with Gasteiger partial charge in [-0.2, -0.15) is 0 Å². The fourth-order valence-corrected chi connectivity index (χ4v) is 10.8. The molecule has 0 radical (unpaired) electrons. The van der Waals surface area contributed by atoms with E-state index in [1.54, 1.807) is 0 Å². The van der Waals surface area contributed by atoms with Gasteiger partial charge in [0.1, 0.15) is 113 Å². The lowest BCUT2D eigenvalue weighted by Gasteiger charge is -2.30. The van der Waals surface area contributed by atoms with Crippen molar-refractivity contribution in [3.8, 4) is 44.7 Å². The molecule has 1 aromatic heterocycles. The van der Waals surface area contributed by atoms with Gasteiger partial charge in [0.15, 0.2) is 0 Å². The Morgan fingerprint density at radius 3 is 1.40 bits per heavy atom. The van der Waals surface area contributed by atoms with Crippen LogP contribution in [0, 0.1) is 0 Å². The van der Waals surface area contributed by atoms with Crippen LogP contribution in [-0.2, 0) is 5.41 Å². The van der Waals surface area contributed by atoms with Crippen molar-refractivity contribution < 1.29 is 4.42 Å². The van der Waals surface area contributed by atoms with Gasteiger partial charge in [-0.15, -0.1) is 38.2 Å². The van der Waals surface area contributed by atoms with Gasteiger partial charge >= 0.3 is 0 Å². The highest BCUT2D eigenvalue weighted by Gasteiger charge is 2.37. The van der Waals surface area contributed by atoms with E-state index in [1.807, 2.05) is 0 Å². The predicted molar refractivity (Wildman–Crippen MR) is 291 cm³/mol. The number of fused-ring (bicyclic) bond motifs is 6. The first kappa shape index (κ1) is 38.0. The molecule has 9 rings (SSSR count). The minimum absolute atomic E-state index is 0.0681. The molecule has 0 unspecified atom stereocenters. The summed E-state index contributed by atoms with van der Waals surface area (Å²) in [5, 5.41) is 6.67. The Hall–Kier alpha value is -4.56. The van der Waals surface area contributed by atoms with Crippen LogP contribution in [0.4, 0.5) is 0 Å². The molecule has 0 bridgehead atoms. The van der Waals surface area contributed by atoms with Crippen molar-refractivity contribution in [3.05, 3.63) is 77.9 Å². The van der Waals surface area contributed by atoms with Gasteiger partial charge < -0.3 is 4.42 Å². The lowest BCUT2D eigenvalue weighted by Crippen LogP contribution is -2.55. The Kier molecular flexibility index (Phi) is 8.65. The molecule has 0 saturated heterocycles. The molecular weight excluding hydrogens is 673 g/mol. The minimum atomic E-state index is -0.0681. The molecule has 260 valence electrons. The molecule has 14 heteroatoms. The first-order valence-corrected chi connectivity index (χ1v) is 20.8. The molecule has 1 heterocycles. The SMILES string of the molecule is Bc1c(B)c(B)c(-c2c3c(B)c(B)c(B)c(B)c3c(-c3ccc4oc(-c5cccc6c5-c5ccccc5C6(C)C)cc4c3)c3c(B)c(B)c(B)c(B)c23)c(B)c1B. The number of hydrogen-bond donors (Lipinski definition) is 0. The molecule has 0 saturated carbocycles. The fraction of sp³-hybridized carbons (Fsp3) is 0.0698. The van der Waals surface area contributed by atoms with E-state index in [0.29, 0.717) is 0 Å². The van der Waals surface area contributed by atoms with E-state index in [2.05, 4.69) is 183 Å². The summed E-state index contributed by atoms with van der Waals surface area (Å²) in [6, 6.07) is 24.8. The van der Waals surface area contributed by atoms with Crippen LogP contribution in [0.5, 0.6) is 0 Å². The minimum Gasteiger partial charge on any atom is -0.456 e. The van der Waals surface area contributed by atoms with Gasteiger partial charge in [-0.3, -0.25) is 0 Å².